The van der Waals surface area contributed by atoms with E-state index in [-0.39, 0.29) is 18.4 Å². The van der Waals surface area contributed by atoms with E-state index in [0.717, 1.165) is 17.8 Å². The average molecular weight is 337 g/mol. The highest BCUT2D eigenvalue weighted by Gasteiger charge is 2.17. The van der Waals surface area contributed by atoms with Crippen molar-refractivity contribution in [3.8, 4) is 0 Å². The molecule has 0 aliphatic rings. The van der Waals surface area contributed by atoms with Gasteiger partial charge in [0.15, 0.2) is 0 Å². The lowest BCUT2D eigenvalue weighted by Crippen LogP contribution is -2.27. The number of carbonyl (C=O) groups is 1. The first kappa shape index (κ1) is 17.2. The Morgan fingerprint density at radius 2 is 1.92 bits per heavy atom. The number of aliphatic hydroxyl groups is 1. The Hall–Kier alpha value is -2.66. The highest BCUT2D eigenvalue weighted by molar-refractivity contribution is 5.94. The lowest BCUT2D eigenvalue weighted by Gasteiger charge is -2.16. The van der Waals surface area contributed by atoms with Crippen molar-refractivity contribution in [1.82, 2.24) is 14.7 Å². The first-order chi connectivity index (χ1) is 12.2. The highest BCUT2D eigenvalue weighted by atomic mass is 16.3. The van der Waals surface area contributed by atoms with Gasteiger partial charge in [-0.15, -0.1) is 0 Å². The summed E-state index contributed by atoms with van der Waals surface area (Å²) in [5.41, 5.74) is 3.26. The summed E-state index contributed by atoms with van der Waals surface area (Å²) < 4.78 is 1.81. The molecule has 1 atom stereocenters. The van der Waals surface area contributed by atoms with E-state index in [4.69, 9.17) is 0 Å². The molecule has 0 radical (unpaired) electrons. The standard InChI is InChI=1S/C20H23N3O2/c1-15-19(23-13-6-5-9-18(23)22-15)20(25)21-12-10-17(11-14-24)16-7-3-2-4-8-16/h2-9,13,17,24H,10-12,14H2,1H3,(H,21,25). The lowest BCUT2D eigenvalue weighted by molar-refractivity contribution is 0.0945. The van der Waals surface area contributed by atoms with E-state index in [1.165, 1.54) is 5.56 Å². The summed E-state index contributed by atoms with van der Waals surface area (Å²) >= 11 is 0. The van der Waals surface area contributed by atoms with Crippen LogP contribution in [0.25, 0.3) is 5.65 Å². The number of carbonyl (C=O) groups excluding carboxylic acids is 1. The van der Waals surface area contributed by atoms with Crippen molar-refractivity contribution in [2.45, 2.75) is 25.7 Å². The van der Waals surface area contributed by atoms with Gasteiger partial charge in [-0.05, 0) is 43.4 Å². The summed E-state index contributed by atoms with van der Waals surface area (Å²) in [6.45, 7) is 2.54. The minimum Gasteiger partial charge on any atom is -0.396 e. The summed E-state index contributed by atoms with van der Waals surface area (Å²) in [6, 6.07) is 15.8. The number of fused-ring (bicyclic) bond motifs is 1. The first-order valence-electron chi connectivity index (χ1n) is 8.58. The van der Waals surface area contributed by atoms with E-state index in [1.807, 2.05) is 53.9 Å². The van der Waals surface area contributed by atoms with Gasteiger partial charge in [0.1, 0.15) is 11.3 Å². The Labute approximate surface area is 147 Å². The molecule has 0 aliphatic heterocycles. The van der Waals surface area contributed by atoms with Gasteiger partial charge >= 0.3 is 0 Å². The van der Waals surface area contributed by atoms with Gasteiger partial charge in [-0.25, -0.2) is 4.98 Å². The van der Waals surface area contributed by atoms with Gasteiger partial charge in [0.05, 0.1) is 5.69 Å². The molecule has 2 heterocycles. The number of hydrogen-bond acceptors (Lipinski definition) is 3. The lowest BCUT2D eigenvalue weighted by atomic mass is 9.93. The molecule has 25 heavy (non-hydrogen) atoms. The second kappa shape index (κ2) is 7.94. The summed E-state index contributed by atoms with van der Waals surface area (Å²) in [6.07, 6.45) is 3.32. The van der Waals surface area contributed by atoms with Crippen molar-refractivity contribution >= 4 is 11.6 Å². The fourth-order valence-corrected chi connectivity index (χ4v) is 3.19. The molecule has 3 aromatic rings. The number of hydrogen-bond donors (Lipinski definition) is 2. The number of amides is 1. The molecule has 5 nitrogen and oxygen atoms in total. The van der Waals surface area contributed by atoms with Crippen molar-refractivity contribution in [2.75, 3.05) is 13.2 Å². The van der Waals surface area contributed by atoms with E-state index < -0.39 is 0 Å². The number of nitrogens with one attached hydrogen (secondary N) is 1. The molecule has 1 amide bonds. The maximum atomic E-state index is 12.6. The molecule has 2 aromatic heterocycles. The van der Waals surface area contributed by atoms with Crippen molar-refractivity contribution in [3.05, 3.63) is 71.7 Å². The number of rotatable bonds is 7. The van der Waals surface area contributed by atoms with Crippen molar-refractivity contribution in [2.24, 2.45) is 0 Å². The van der Waals surface area contributed by atoms with Crippen LogP contribution in [0, 0.1) is 6.92 Å². The number of aliphatic hydroxyl groups excluding tert-OH is 1. The molecular formula is C20H23N3O2. The smallest absolute Gasteiger partial charge is 0.270 e. The van der Waals surface area contributed by atoms with Crippen LogP contribution < -0.4 is 5.32 Å². The van der Waals surface area contributed by atoms with Crippen LogP contribution in [0.3, 0.4) is 0 Å². The Morgan fingerprint density at radius 1 is 1.16 bits per heavy atom. The molecule has 1 aromatic carbocycles. The third kappa shape index (κ3) is 3.88. The number of aromatic nitrogens is 2. The predicted molar refractivity (Wildman–Crippen MR) is 97.8 cm³/mol. The Morgan fingerprint density at radius 3 is 2.68 bits per heavy atom. The van der Waals surface area contributed by atoms with Crippen molar-refractivity contribution < 1.29 is 9.90 Å². The van der Waals surface area contributed by atoms with Gasteiger partial charge in [0.25, 0.3) is 5.91 Å². The van der Waals surface area contributed by atoms with Crippen LogP contribution in [0.1, 0.15) is 40.5 Å². The van der Waals surface area contributed by atoms with Crippen LogP contribution in [0.5, 0.6) is 0 Å². The molecule has 0 bridgehead atoms. The van der Waals surface area contributed by atoms with Gasteiger partial charge in [0.2, 0.25) is 0 Å². The van der Waals surface area contributed by atoms with E-state index in [2.05, 4.69) is 22.4 Å². The molecular weight excluding hydrogens is 314 g/mol. The van der Waals surface area contributed by atoms with Gasteiger partial charge < -0.3 is 10.4 Å². The van der Waals surface area contributed by atoms with Crippen LogP contribution in [-0.4, -0.2) is 33.6 Å². The summed E-state index contributed by atoms with van der Waals surface area (Å²) in [7, 11) is 0. The fraction of sp³-hybridized carbons (Fsp3) is 0.300. The second-order valence-corrected chi connectivity index (χ2v) is 6.14. The predicted octanol–water partition coefficient (Wildman–Crippen LogP) is 2.93. The molecule has 1 unspecified atom stereocenters. The minimum atomic E-state index is -0.119. The summed E-state index contributed by atoms with van der Waals surface area (Å²) in [5.74, 6) is 0.113. The van der Waals surface area contributed by atoms with Crippen LogP contribution >= 0.6 is 0 Å². The zero-order chi connectivity index (χ0) is 17.6. The average Bonchev–Trinajstić information content (AvgIpc) is 2.97. The molecule has 0 spiro atoms. The number of imidazole rings is 1. The van der Waals surface area contributed by atoms with Gasteiger partial charge in [-0.3, -0.25) is 9.20 Å². The van der Waals surface area contributed by atoms with E-state index >= 15 is 0 Å². The summed E-state index contributed by atoms with van der Waals surface area (Å²) in [5, 5.41) is 12.3. The minimum absolute atomic E-state index is 0.119. The molecule has 5 heteroatoms. The molecule has 2 N–H and O–H groups in total. The SMILES string of the molecule is Cc1nc2ccccn2c1C(=O)NCCC(CCO)c1ccccc1. The normalized spacial score (nSPS) is 12.2. The number of aryl methyl sites for hydroxylation is 1. The third-order valence-electron chi connectivity index (χ3n) is 4.45. The highest BCUT2D eigenvalue weighted by Crippen LogP contribution is 2.22. The molecule has 3 rings (SSSR count). The maximum Gasteiger partial charge on any atom is 0.270 e. The van der Waals surface area contributed by atoms with Gasteiger partial charge in [-0.1, -0.05) is 36.4 Å². The van der Waals surface area contributed by atoms with Crippen LogP contribution in [-0.2, 0) is 0 Å². The van der Waals surface area contributed by atoms with E-state index in [1.54, 1.807) is 0 Å². The second-order valence-electron chi connectivity index (χ2n) is 6.14. The number of nitrogens with zero attached hydrogens (tertiary/aromatic N) is 2. The van der Waals surface area contributed by atoms with E-state index in [9.17, 15) is 9.90 Å². The van der Waals surface area contributed by atoms with Crippen LogP contribution in [0.2, 0.25) is 0 Å². The van der Waals surface area contributed by atoms with Crippen LogP contribution in [0.4, 0.5) is 0 Å². The molecule has 0 aliphatic carbocycles. The van der Waals surface area contributed by atoms with Gasteiger partial charge in [-0.2, -0.15) is 0 Å². The van der Waals surface area contributed by atoms with Crippen molar-refractivity contribution in [1.29, 1.82) is 0 Å². The van der Waals surface area contributed by atoms with Crippen LogP contribution in [0.15, 0.2) is 54.7 Å². The van der Waals surface area contributed by atoms with Gasteiger partial charge in [0, 0.05) is 19.3 Å². The first-order valence-corrected chi connectivity index (χ1v) is 8.58. The molecule has 130 valence electrons. The number of benzene rings is 1. The number of pyridine rings is 1. The van der Waals surface area contributed by atoms with Crippen molar-refractivity contribution in [3.63, 3.8) is 0 Å². The fourth-order valence-electron chi connectivity index (χ4n) is 3.19. The monoisotopic (exact) mass is 337 g/mol. The quantitative estimate of drug-likeness (QED) is 0.696. The molecule has 0 fully saturated rings. The Bertz CT molecular complexity index is 843. The zero-order valence-corrected chi connectivity index (χ0v) is 14.4. The Kier molecular flexibility index (Phi) is 5.46. The topological polar surface area (TPSA) is 66.6 Å². The largest absolute Gasteiger partial charge is 0.396 e. The van der Waals surface area contributed by atoms with E-state index in [0.29, 0.717) is 18.7 Å². The summed E-state index contributed by atoms with van der Waals surface area (Å²) in [4.78, 5) is 17.0. The Balaban J connectivity index is 1.66. The maximum absolute atomic E-state index is 12.6. The molecule has 0 saturated carbocycles. The molecule has 0 saturated heterocycles. The third-order valence-corrected chi connectivity index (χ3v) is 4.45. The zero-order valence-electron chi connectivity index (χ0n) is 14.4.